The summed E-state index contributed by atoms with van der Waals surface area (Å²) in [6.07, 6.45) is 0. The van der Waals surface area contributed by atoms with Crippen LogP contribution in [0.4, 0.5) is 4.39 Å². The topological polar surface area (TPSA) is 75.7 Å². The minimum absolute atomic E-state index is 0.123. The lowest BCUT2D eigenvalue weighted by atomic mass is 10.1. The van der Waals surface area contributed by atoms with E-state index in [2.05, 4.69) is 4.72 Å². The van der Waals surface area contributed by atoms with Gasteiger partial charge in [0, 0.05) is 19.2 Å². The number of hydrogen-bond acceptors (Lipinski definition) is 4. The lowest BCUT2D eigenvalue weighted by Crippen LogP contribution is -2.27. The molecule has 0 bridgehead atoms. The van der Waals surface area contributed by atoms with E-state index in [0.717, 1.165) is 0 Å². The van der Waals surface area contributed by atoms with Gasteiger partial charge in [0.2, 0.25) is 10.0 Å². The first-order chi connectivity index (χ1) is 11.8. The van der Waals surface area contributed by atoms with Gasteiger partial charge in [-0.2, -0.15) is 0 Å². The van der Waals surface area contributed by atoms with Gasteiger partial charge in [-0.25, -0.2) is 17.5 Å². The molecule has 0 aliphatic carbocycles. The second-order valence-electron chi connectivity index (χ2n) is 5.36. The van der Waals surface area contributed by atoms with Gasteiger partial charge in [0.05, 0.1) is 7.11 Å². The molecular weight excluding hydrogens is 347 g/mol. The highest BCUT2D eigenvalue weighted by molar-refractivity contribution is 7.89. The fourth-order valence-electron chi connectivity index (χ4n) is 2.33. The molecule has 134 valence electrons. The third-order valence-electron chi connectivity index (χ3n) is 3.62. The van der Waals surface area contributed by atoms with Gasteiger partial charge in [-0.3, -0.25) is 4.79 Å². The highest BCUT2D eigenvalue weighted by Gasteiger charge is 2.21. The van der Waals surface area contributed by atoms with E-state index in [9.17, 15) is 17.6 Å². The quantitative estimate of drug-likeness (QED) is 0.849. The maximum atomic E-state index is 13.3. The van der Waals surface area contributed by atoms with Crippen molar-refractivity contribution in [1.29, 1.82) is 0 Å². The molecule has 0 spiro atoms. The number of nitrogens with zero attached hydrogens (tertiary/aromatic N) is 1. The van der Waals surface area contributed by atoms with Crippen molar-refractivity contribution in [2.75, 3.05) is 21.2 Å². The van der Waals surface area contributed by atoms with Crippen LogP contribution in [0.2, 0.25) is 0 Å². The van der Waals surface area contributed by atoms with Crippen LogP contribution in [0.3, 0.4) is 0 Å². The van der Waals surface area contributed by atoms with Gasteiger partial charge in [0.15, 0.2) is 0 Å². The summed E-state index contributed by atoms with van der Waals surface area (Å²) in [5.41, 5.74) is 0.820. The molecule has 0 radical (unpaired) electrons. The maximum absolute atomic E-state index is 13.3. The molecule has 0 unspecified atom stereocenters. The number of rotatable bonds is 6. The lowest BCUT2D eigenvalue weighted by Gasteiger charge is -2.18. The summed E-state index contributed by atoms with van der Waals surface area (Å²) in [5, 5.41) is 0. The van der Waals surface area contributed by atoms with Crippen molar-refractivity contribution in [2.45, 2.75) is 11.4 Å². The van der Waals surface area contributed by atoms with E-state index < -0.39 is 10.0 Å². The second kappa shape index (κ2) is 7.62. The summed E-state index contributed by atoms with van der Waals surface area (Å²) >= 11 is 0. The zero-order valence-electron chi connectivity index (χ0n) is 14.1. The van der Waals surface area contributed by atoms with Crippen molar-refractivity contribution < 1.29 is 22.3 Å². The summed E-state index contributed by atoms with van der Waals surface area (Å²) < 4.78 is 44.7. The van der Waals surface area contributed by atoms with Crippen LogP contribution in [-0.2, 0) is 16.6 Å². The molecule has 0 aromatic heterocycles. The number of nitrogens with one attached hydrogen (secondary N) is 1. The summed E-state index contributed by atoms with van der Waals surface area (Å²) in [5.74, 6) is -0.636. The molecule has 2 aromatic carbocycles. The predicted octanol–water partition coefficient (Wildman–Crippen LogP) is 2.01. The molecule has 0 saturated carbocycles. The number of sulfonamides is 1. The average molecular weight is 366 g/mol. The van der Waals surface area contributed by atoms with Crippen molar-refractivity contribution in [3.05, 3.63) is 59.4 Å². The van der Waals surface area contributed by atoms with Crippen molar-refractivity contribution in [2.24, 2.45) is 0 Å². The Morgan fingerprint density at radius 2 is 1.96 bits per heavy atom. The van der Waals surface area contributed by atoms with E-state index in [1.165, 1.54) is 49.4 Å². The van der Waals surface area contributed by atoms with E-state index in [0.29, 0.717) is 5.56 Å². The minimum Gasteiger partial charge on any atom is -0.495 e. The Kier molecular flexibility index (Phi) is 5.76. The van der Waals surface area contributed by atoms with Gasteiger partial charge in [0.25, 0.3) is 5.91 Å². The third kappa shape index (κ3) is 4.34. The smallest absolute Gasteiger partial charge is 0.253 e. The van der Waals surface area contributed by atoms with Gasteiger partial charge in [0.1, 0.15) is 16.5 Å². The zero-order valence-corrected chi connectivity index (χ0v) is 14.9. The molecule has 0 fully saturated rings. The molecule has 0 heterocycles. The molecule has 25 heavy (non-hydrogen) atoms. The van der Waals surface area contributed by atoms with Crippen molar-refractivity contribution in [1.82, 2.24) is 9.62 Å². The number of amides is 1. The Balaban J connectivity index is 2.31. The predicted molar refractivity (Wildman–Crippen MR) is 91.4 cm³/mol. The first kappa shape index (κ1) is 18.9. The molecule has 1 N–H and O–H groups in total. The van der Waals surface area contributed by atoms with E-state index in [-0.39, 0.29) is 34.5 Å². The van der Waals surface area contributed by atoms with Crippen molar-refractivity contribution in [3.63, 3.8) is 0 Å². The number of halogens is 1. The van der Waals surface area contributed by atoms with Crippen LogP contribution in [0.1, 0.15) is 15.9 Å². The minimum atomic E-state index is -3.78. The van der Waals surface area contributed by atoms with Crippen LogP contribution < -0.4 is 9.46 Å². The first-order valence-electron chi connectivity index (χ1n) is 7.40. The van der Waals surface area contributed by atoms with Crippen LogP contribution in [0, 0.1) is 5.82 Å². The maximum Gasteiger partial charge on any atom is 0.253 e. The summed E-state index contributed by atoms with van der Waals surface area (Å²) in [6.45, 7) is 0.191. The van der Waals surface area contributed by atoms with Crippen LogP contribution >= 0.6 is 0 Å². The molecule has 2 rings (SSSR count). The van der Waals surface area contributed by atoms with Gasteiger partial charge >= 0.3 is 0 Å². The molecule has 0 aliphatic rings. The number of ether oxygens (including phenoxy) is 1. The third-order valence-corrected chi connectivity index (χ3v) is 5.06. The van der Waals surface area contributed by atoms with E-state index in [1.807, 2.05) is 0 Å². The van der Waals surface area contributed by atoms with Crippen LogP contribution in [0.25, 0.3) is 0 Å². The Morgan fingerprint density at radius 1 is 1.24 bits per heavy atom. The largest absolute Gasteiger partial charge is 0.495 e. The standard InChI is InChI=1S/C17H19FN2O4S/c1-19-25(22,23)16-10-13(7-8-15(16)24-3)17(21)20(2)11-12-5-4-6-14(18)9-12/h4-10,19H,11H2,1-3H3. The van der Waals surface area contributed by atoms with Gasteiger partial charge < -0.3 is 9.64 Å². The zero-order chi connectivity index (χ0) is 18.6. The number of hydrogen-bond donors (Lipinski definition) is 1. The molecule has 6 nitrogen and oxygen atoms in total. The molecule has 1 amide bonds. The van der Waals surface area contributed by atoms with Gasteiger partial charge in [-0.1, -0.05) is 12.1 Å². The van der Waals surface area contributed by atoms with Crippen LogP contribution in [0.15, 0.2) is 47.4 Å². The Labute approximate surface area is 146 Å². The number of carbonyl (C=O) groups is 1. The monoisotopic (exact) mass is 366 g/mol. The van der Waals surface area contributed by atoms with Gasteiger partial charge in [-0.15, -0.1) is 0 Å². The van der Waals surface area contributed by atoms with E-state index in [4.69, 9.17) is 4.74 Å². The van der Waals surface area contributed by atoms with E-state index >= 15 is 0 Å². The molecule has 0 saturated heterocycles. The Morgan fingerprint density at radius 3 is 2.56 bits per heavy atom. The Hall–Kier alpha value is -2.45. The molecule has 0 atom stereocenters. The lowest BCUT2D eigenvalue weighted by molar-refractivity contribution is 0.0784. The first-order valence-corrected chi connectivity index (χ1v) is 8.88. The van der Waals surface area contributed by atoms with Crippen LogP contribution in [-0.4, -0.2) is 40.4 Å². The van der Waals surface area contributed by atoms with Gasteiger partial charge in [-0.05, 0) is 42.9 Å². The van der Waals surface area contributed by atoms with Crippen molar-refractivity contribution >= 4 is 15.9 Å². The molecule has 0 aliphatic heterocycles. The fourth-order valence-corrected chi connectivity index (χ4v) is 3.25. The number of carbonyl (C=O) groups excluding carboxylic acids is 1. The SMILES string of the molecule is CNS(=O)(=O)c1cc(C(=O)N(C)Cc2cccc(F)c2)ccc1OC. The average Bonchev–Trinajstić information content (AvgIpc) is 2.60. The number of benzene rings is 2. The molecule has 2 aromatic rings. The number of methoxy groups -OCH3 is 1. The summed E-state index contributed by atoms with van der Waals surface area (Å²) in [4.78, 5) is 13.8. The Bertz CT molecular complexity index is 884. The molecule has 8 heteroatoms. The normalized spacial score (nSPS) is 11.2. The summed E-state index contributed by atoms with van der Waals surface area (Å²) in [7, 11) is 0.403. The second-order valence-corrected chi connectivity index (χ2v) is 7.22. The summed E-state index contributed by atoms with van der Waals surface area (Å²) in [6, 6.07) is 10.1. The highest BCUT2D eigenvalue weighted by atomic mass is 32.2. The van der Waals surface area contributed by atoms with Crippen LogP contribution in [0.5, 0.6) is 5.75 Å². The van der Waals surface area contributed by atoms with Crippen molar-refractivity contribution in [3.8, 4) is 5.75 Å². The molecular formula is C17H19FN2O4S. The highest BCUT2D eigenvalue weighted by Crippen LogP contribution is 2.25. The fraction of sp³-hybridized carbons (Fsp3) is 0.235. The van der Waals surface area contributed by atoms with E-state index in [1.54, 1.807) is 19.2 Å².